The van der Waals surface area contributed by atoms with E-state index in [-0.39, 0.29) is 11.8 Å². The van der Waals surface area contributed by atoms with Crippen LogP contribution in [-0.2, 0) is 11.2 Å². The van der Waals surface area contributed by atoms with Crippen molar-refractivity contribution in [1.29, 1.82) is 0 Å². The molecule has 1 amide bonds. The summed E-state index contributed by atoms with van der Waals surface area (Å²) < 4.78 is 5.71. The molecule has 0 saturated heterocycles. The molecule has 0 spiro atoms. The number of aryl methyl sites for hydroxylation is 2. The van der Waals surface area contributed by atoms with Crippen LogP contribution in [0.3, 0.4) is 0 Å². The molecule has 8 heteroatoms. The van der Waals surface area contributed by atoms with Crippen LogP contribution in [0.1, 0.15) is 17.0 Å². The molecule has 0 aliphatic rings. The number of ether oxygens (including phenoxy) is 1. The average molecular weight is 360 g/mol. The van der Waals surface area contributed by atoms with E-state index < -0.39 is 0 Å². The van der Waals surface area contributed by atoms with E-state index in [9.17, 15) is 4.79 Å². The van der Waals surface area contributed by atoms with Crippen LogP contribution in [0.15, 0.2) is 18.2 Å². The first kappa shape index (κ1) is 17.0. The Morgan fingerprint density at radius 2 is 2.23 bits per heavy atom. The van der Waals surface area contributed by atoms with Gasteiger partial charge in [0, 0.05) is 11.4 Å². The summed E-state index contributed by atoms with van der Waals surface area (Å²) in [7, 11) is 0. The molecule has 0 unspecified atom stereocenters. The van der Waals surface area contributed by atoms with Crippen molar-refractivity contribution in [2.75, 3.05) is 17.8 Å². The number of hydrogen-bond acceptors (Lipinski definition) is 5. The van der Waals surface area contributed by atoms with E-state index in [2.05, 4.69) is 15.5 Å². The predicted molar refractivity (Wildman–Crippen MR) is 89.3 cm³/mol. The molecule has 2 aromatic rings. The van der Waals surface area contributed by atoms with Gasteiger partial charge in [-0.3, -0.25) is 10.1 Å². The van der Waals surface area contributed by atoms with Gasteiger partial charge in [-0.05, 0) is 37.1 Å². The first-order valence-electron chi connectivity index (χ1n) is 6.65. The summed E-state index contributed by atoms with van der Waals surface area (Å²) in [5, 5.41) is 12.5. The number of carbonyl (C=O) groups excluding carboxylic acids is 1. The summed E-state index contributed by atoms with van der Waals surface area (Å²) in [6.45, 7) is 2.53. The summed E-state index contributed by atoms with van der Waals surface area (Å²) in [4.78, 5) is 11.1. The van der Waals surface area contributed by atoms with Gasteiger partial charge in [0.1, 0.15) is 16.6 Å². The average Bonchev–Trinajstić information content (AvgIpc) is 2.92. The fraction of sp³-hybridized carbons (Fsp3) is 0.357. The van der Waals surface area contributed by atoms with Gasteiger partial charge in [0.05, 0.1) is 6.61 Å². The van der Waals surface area contributed by atoms with Crippen LogP contribution in [0.4, 0.5) is 5.13 Å². The maximum absolute atomic E-state index is 11.1. The van der Waals surface area contributed by atoms with Gasteiger partial charge in [-0.15, -0.1) is 21.8 Å². The fourth-order valence-electron chi connectivity index (χ4n) is 1.74. The minimum absolute atomic E-state index is 0.0941. The topological polar surface area (TPSA) is 64.1 Å². The van der Waals surface area contributed by atoms with Crippen LogP contribution in [0.2, 0.25) is 5.02 Å². The molecule has 1 N–H and O–H groups in total. The normalized spacial score (nSPS) is 10.5. The Morgan fingerprint density at radius 3 is 2.95 bits per heavy atom. The van der Waals surface area contributed by atoms with Gasteiger partial charge in [0.25, 0.3) is 0 Å². The monoisotopic (exact) mass is 359 g/mol. The predicted octanol–water partition coefficient (Wildman–Crippen LogP) is 3.69. The van der Waals surface area contributed by atoms with E-state index in [1.54, 1.807) is 6.07 Å². The van der Waals surface area contributed by atoms with E-state index in [1.165, 1.54) is 11.3 Å². The van der Waals surface area contributed by atoms with Gasteiger partial charge in [0.15, 0.2) is 0 Å². The van der Waals surface area contributed by atoms with Crippen molar-refractivity contribution in [2.45, 2.75) is 19.8 Å². The van der Waals surface area contributed by atoms with Crippen molar-refractivity contribution < 1.29 is 9.53 Å². The highest BCUT2D eigenvalue weighted by molar-refractivity contribution is 7.15. The zero-order valence-electron chi connectivity index (χ0n) is 11.9. The first-order valence-corrected chi connectivity index (χ1v) is 8.38. The second-order valence-electron chi connectivity index (χ2n) is 4.54. The third kappa shape index (κ3) is 5.12. The molecule has 5 nitrogen and oxygen atoms in total. The van der Waals surface area contributed by atoms with E-state index >= 15 is 0 Å². The largest absolute Gasteiger partial charge is 0.493 e. The van der Waals surface area contributed by atoms with Crippen LogP contribution in [0, 0.1) is 6.92 Å². The number of nitrogens with one attached hydrogen (secondary N) is 1. The van der Waals surface area contributed by atoms with E-state index in [1.807, 2.05) is 19.1 Å². The molecule has 0 aliphatic carbocycles. The Bertz CT molecular complexity index is 649. The first-order chi connectivity index (χ1) is 10.6. The molecule has 1 heterocycles. The van der Waals surface area contributed by atoms with Crippen molar-refractivity contribution >= 4 is 45.6 Å². The highest BCUT2D eigenvalue weighted by Gasteiger charge is 2.07. The quantitative estimate of drug-likeness (QED) is 0.604. The zero-order chi connectivity index (χ0) is 15.9. The molecule has 118 valence electrons. The van der Waals surface area contributed by atoms with E-state index in [0.717, 1.165) is 29.2 Å². The molecular weight excluding hydrogens is 345 g/mol. The second kappa shape index (κ2) is 8.31. The van der Waals surface area contributed by atoms with Gasteiger partial charge in [-0.1, -0.05) is 22.9 Å². The Labute approximate surface area is 142 Å². The Morgan fingerprint density at radius 1 is 1.41 bits per heavy atom. The standard InChI is InChI=1S/C14H15Cl2N3O2S/c1-9-7-10(16)4-5-11(9)21-6-2-3-13-18-19-14(22-13)17-12(20)8-15/h4-5,7H,2-3,6,8H2,1H3,(H,17,19,20). The van der Waals surface area contributed by atoms with Crippen LogP contribution in [0.25, 0.3) is 0 Å². The molecule has 2 rings (SSSR count). The van der Waals surface area contributed by atoms with Crippen molar-refractivity contribution in [2.24, 2.45) is 0 Å². The number of nitrogens with zero attached hydrogens (tertiary/aromatic N) is 2. The smallest absolute Gasteiger partial charge is 0.241 e. The highest BCUT2D eigenvalue weighted by Crippen LogP contribution is 2.22. The van der Waals surface area contributed by atoms with Crippen molar-refractivity contribution in [3.05, 3.63) is 33.8 Å². The zero-order valence-corrected chi connectivity index (χ0v) is 14.3. The van der Waals surface area contributed by atoms with Crippen LogP contribution >= 0.6 is 34.5 Å². The van der Waals surface area contributed by atoms with Crippen molar-refractivity contribution in [1.82, 2.24) is 10.2 Å². The molecule has 0 aliphatic heterocycles. The lowest BCUT2D eigenvalue weighted by Crippen LogP contribution is -2.12. The number of aromatic nitrogens is 2. The lowest BCUT2D eigenvalue weighted by atomic mass is 10.2. The molecule has 1 aromatic heterocycles. The van der Waals surface area contributed by atoms with Gasteiger partial charge in [-0.25, -0.2) is 0 Å². The number of rotatable bonds is 7. The maximum atomic E-state index is 11.1. The lowest BCUT2D eigenvalue weighted by Gasteiger charge is -2.08. The summed E-state index contributed by atoms with van der Waals surface area (Å²) in [5.41, 5.74) is 1.01. The summed E-state index contributed by atoms with van der Waals surface area (Å²) in [6.07, 6.45) is 1.54. The summed E-state index contributed by atoms with van der Waals surface area (Å²) in [5.74, 6) is 0.450. The third-order valence-corrected chi connectivity index (χ3v) is 4.14. The molecular formula is C14H15Cl2N3O2S. The second-order valence-corrected chi connectivity index (χ2v) is 6.31. The Hall–Kier alpha value is -1.37. The molecule has 0 radical (unpaired) electrons. The Kier molecular flexibility index (Phi) is 6.42. The van der Waals surface area contributed by atoms with Crippen LogP contribution in [0.5, 0.6) is 5.75 Å². The number of carbonyl (C=O) groups is 1. The SMILES string of the molecule is Cc1cc(Cl)ccc1OCCCc1nnc(NC(=O)CCl)s1. The molecule has 22 heavy (non-hydrogen) atoms. The summed E-state index contributed by atoms with van der Waals surface area (Å²) >= 11 is 12.7. The van der Waals surface area contributed by atoms with Crippen LogP contribution < -0.4 is 10.1 Å². The van der Waals surface area contributed by atoms with Gasteiger partial charge in [0.2, 0.25) is 11.0 Å². The molecule has 1 aromatic carbocycles. The number of hydrogen-bond donors (Lipinski definition) is 1. The van der Waals surface area contributed by atoms with Crippen molar-refractivity contribution in [3.63, 3.8) is 0 Å². The lowest BCUT2D eigenvalue weighted by molar-refractivity contribution is -0.113. The van der Waals surface area contributed by atoms with Gasteiger partial charge < -0.3 is 4.74 Å². The minimum Gasteiger partial charge on any atom is -0.493 e. The minimum atomic E-state index is -0.286. The highest BCUT2D eigenvalue weighted by atomic mass is 35.5. The molecule has 0 bridgehead atoms. The molecule has 0 fully saturated rings. The maximum Gasteiger partial charge on any atom is 0.241 e. The van der Waals surface area contributed by atoms with Crippen molar-refractivity contribution in [3.8, 4) is 5.75 Å². The molecule has 0 atom stereocenters. The Balaban J connectivity index is 1.76. The number of amides is 1. The van der Waals surface area contributed by atoms with E-state index in [4.69, 9.17) is 27.9 Å². The summed E-state index contributed by atoms with van der Waals surface area (Å²) in [6, 6.07) is 5.54. The van der Waals surface area contributed by atoms with Gasteiger partial charge in [-0.2, -0.15) is 0 Å². The van der Waals surface area contributed by atoms with E-state index in [0.29, 0.717) is 16.8 Å². The number of alkyl halides is 1. The van der Waals surface area contributed by atoms with Crippen LogP contribution in [-0.4, -0.2) is 28.6 Å². The van der Waals surface area contributed by atoms with Gasteiger partial charge >= 0.3 is 0 Å². The number of halogens is 2. The number of anilines is 1. The number of benzene rings is 1. The molecule has 0 saturated carbocycles. The fourth-order valence-corrected chi connectivity index (χ4v) is 2.83. The third-order valence-electron chi connectivity index (χ3n) is 2.76.